The average molecular weight is 344 g/mol. The molecule has 0 saturated carbocycles. The van der Waals surface area contributed by atoms with Crippen LogP contribution < -0.4 is 5.32 Å². The van der Waals surface area contributed by atoms with Gasteiger partial charge in [0.25, 0.3) is 5.69 Å². The van der Waals surface area contributed by atoms with Gasteiger partial charge in [-0.3, -0.25) is 10.1 Å². The van der Waals surface area contributed by atoms with Gasteiger partial charge in [-0.2, -0.15) is 0 Å². The first kappa shape index (κ1) is 16.9. The number of unbranched alkanes of at least 4 members (excludes halogenated alkanes) is 2. The molecule has 0 saturated heterocycles. The van der Waals surface area contributed by atoms with Crippen molar-refractivity contribution in [1.29, 1.82) is 0 Å². The molecule has 0 aliphatic rings. The fourth-order valence-electron chi connectivity index (χ4n) is 1.92. The molecular formula is C14H22BrN3O2. The summed E-state index contributed by atoms with van der Waals surface area (Å²) in [5.41, 5.74) is 0.169. The van der Waals surface area contributed by atoms with E-state index in [9.17, 15) is 10.1 Å². The highest BCUT2D eigenvalue weighted by Crippen LogP contribution is 2.28. The van der Waals surface area contributed by atoms with Gasteiger partial charge in [0.2, 0.25) is 0 Å². The molecular weight excluding hydrogens is 322 g/mol. The van der Waals surface area contributed by atoms with E-state index in [1.54, 1.807) is 0 Å². The van der Waals surface area contributed by atoms with E-state index in [4.69, 9.17) is 0 Å². The number of nitro groups is 1. The standard InChI is InChI=1S/C14H22BrN3O2/c1-4-5-6-7-14(2,3)10-17-13-12(15)8-11(9-16-13)18(19)20/h8-9H,4-7,10H2,1-3H3,(H,16,17). The maximum absolute atomic E-state index is 10.7. The predicted molar refractivity (Wildman–Crippen MR) is 85.0 cm³/mol. The van der Waals surface area contributed by atoms with Crippen molar-refractivity contribution in [3.8, 4) is 0 Å². The van der Waals surface area contributed by atoms with Gasteiger partial charge in [0.05, 0.1) is 9.40 Å². The van der Waals surface area contributed by atoms with Crippen molar-refractivity contribution in [2.75, 3.05) is 11.9 Å². The van der Waals surface area contributed by atoms with Gasteiger partial charge in [-0.1, -0.05) is 40.0 Å². The van der Waals surface area contributed by atoms with E-state index in [0.717, 1.165) is 13.0 Å². The molecule has 1 aromatic heterocycles. The minimum Gasteiger partial charge on any atom is -0.369 e. The van der Waals surface area contributed by atoms with E-state index >= 15 is 0 Å². The number of pyridine rings is 1. The predicted octanol–water partition coefficient (Wildman–Crippen LogP) is 4.77. The average Bonchev–Trinajstić information content (AvgIpc) is 2.37. The second-order valence-corrected chi connectivity index (χ2v) is 6.61. The second-order valence-electron chi connectivity index (χ2n) is 5.76. The normalized spacial score (nSPS) is 11.4. The van der Waals surface area contributed by atoms with E-state index in [-0.39, 0.29) is 11.1 Å². The third-order valence-corrected chi connectivity index (χ3v) is 3.83. The fraction of sp³-hybridized carbons (Fsp3) is 0.643. The van der Waals surface area contributed by atoms with Crippen LogP contribution in [0.25, 0.3) is 0 Å². The van der Waals surface area contributed by atoms with Crippen molar-refractivity contribution >= 4 is 27.4 Å². The Morgan fingerprint density at radius 3 is 2.70 bits per heavy atom. The molecule has 5 nitrogen and oxygen atoms in total. The highest BCUT2D eigenvalue weighted by molar-refractivity contribution is 9.10. The van der Waals surface area contributed by atoms with Crippen LogP contribution in [-0.4, -0.2) is 16.5 Å². The molecule has 20 heavy (non-hydrogen) atoms. The molecule has 0 radical (unpaired) electrons. The van der Waals surface area contributed by atoms with Crippen molar-refractivity contribution in [3.05, 3.63) is 26.9 Å². The highest BCUT2D eigenvalue weighted by Gasteiger charge is 2.18. The molecule has 0 atom stereocenters. The van der Waals surface area contributed by atoms with Crippen LogP contribution >= 0.6 is 15.9 Å². The van der Waals surface area contributed by atoms with Crippen LogP contribution in [-0.2, 0) is 0 Å². The third kappa shape index (κ3) is 5.45. The largest absolute Gasteiger partial charge is 0.369 e. The van der Waals surface area contributed by atoms with Crippen LogP contribution in [0.5, 0.6) is 0 Å². The number of nitrogens with one attached hydrogen (secondary N) is 1. The molecule has 6 heteroatoms. The van der Waals surface area contributed by atoms with Crippen molar-refractivity contribution in [2.45, 2.75) is 46.5 Å². The maximum atomic E-state index is 10.7. The minimum absolute atomic E-state index is 0.00960. The molecule has 1 rings (SSSR count). The number of nitrogens with zero attached hydrogens (tertiary/aromatic N) is 2. The van der Waals surface area contributed by atoms with E-state index in [1.807, 2.05) is 0 Å². The first-order valence-electron chi connectivity index (χ1n) is 6.89. The summed E-state index contributed by atoms with van der Waals surface area (Å²) in [5, 5.41) is 13.9. The summed E-state index contributed by atoms with van der Waals surface area (Å²) < 4.78 is 0.621. The zero-order chi connectivity index (χ0) is 15.2. The third-order valence-electron chi connectivity index (χ3n) is 3.23. The molecule has 0 aromatic carbocycles. The van der Waals surface area contributed by atoms with Crippen LogP contribution in [0.1, 0.15) is 46.5 Å². The van der Waals surface area contributed by atoms with Crippen LogP contribution in [0.3, 0.4) is 0 Å². The van der Waals surface area contributed by atoms with Crippen LogP contribution in [0, 0.1) is 15.5 Å². The second kappa shape index (κ2) is 7.57. The summed E-state index contributed by atoms with van der Waals surface area (Å²) in [5.74, 6) is 0.652. The van der Waals surface area contributed by atoms with Gasteiger partial charge in [0.15, 0.2) is 0 Å². The topological polar surface area (TPSA) is 68.1 Å². The van der Waals surface area contributed by atoms with Gasteiger partial charge in [-0.25, -0.2) is 4.98 Å². The lowest BCUT2D eigenvalue weighted by molar-refractivity contribution is -0.385. The van der Waals surface area contributed by atoms with E-state index < -0.39 is 4.92 Å². The van der Waals surface area contributed by atoms with Crippen molar-refractivity contribution in [3.63, 3.8) is 0 Å². The van der Waals surface area contributed by atoms with Gasteiger partial charge in [-0.05, 0) is 27.8 Å². The lowest BCUT2D eigenvalue weighted by Crippen LogP contribution is -2.23. The molecule has 0 bridgehead atoms. The van der Waals surface area contributed by atoms with E-state index in [0.29, 0.717) is 10.3 Å². The molecule has 0 unspecified atom stereocenters. The lowest BCUT2D eigenvalue weighted by atomic mass is 9.87. The first-order chi connectivity index (χ1) is 9.35. The number of rotatable bonds is 8. The molecule has 1 N–H and O–H groups in total. The van der Waals surface area contributed by atoms with Gasteiger partial charge in [0, 0.05) is 12.6 Å². The van der Waals surface area contributed by atoms with Crippen LogP contribution in [0.15, 0.2) is 16.7 Å². The number of hydrogen-bond donors (Lipinski definition) is 1. The monoisotopic (exact) mass is 343 g/mol. The van der Waals surface area contributed by atoms with Crippen molar-refractivity contribution < 1.29 is 4.92 Å². The zero-order valence-corrected chi connectivity index (χ0v) is 13.9. The Morgan fingerprint density at radius 2 is 2.15 bits per heavy atom. The summed E-state index contributed by atoms with van der Waals surface area (Å²) in [4.78, 5) is 14.3. The Labute approximate surface area is 128 Å². The van der Waals surface area contributed by atoms with Gasteiger partial charge >= 0.3 is 0 Å². The number of anilines is 1. The minimum atomic E-state index is -0.448. The van der Waals surface area contributed by atoms with E-state index in [2.05, 4.69) is 47.0 Å². The smallest absolute Gasteiger partial charge is 0.288 e. The molecule has 0 fully saturated rings. The molecule has 1 heterocycles. The van der Waals surface area contributed by atoms with E-state index in [1.165, 1.54) is 31.5 Å². The Balaban J connectivity index is 2.58. The Morgan fingerprint density at radius 1 is 1.45 bits per heavy atom. The molecule has 1 aromatic rings. The first-order valence-corrected chi connectivity index (χ1v) is 7.69. The molecule has 0 amide bonds. The number of aromatic nitrogens is 1. The van der Waals surface area contributed by atoms with Crippen LogP contribution in [0.2, 0.25) is 0 Å². The summed E-state index contributed by atoms with van der Waals surface area (Å²) in [6.45, 7) is 7.42. The number of hydrogen-bond acceptors (Lipinski definition) is 4. The van der Waals surface area contributed by atoms with Gasteiger partial charge < -0.3 is 5.32 Å². The fourth-order valence-corrected chi connectivity index (χ4v) is 2.40. The SMILES string of the molecule is CCCCCC(C)(C)CNc1ncc([N+](=O)[O-])cc1Br. The summed E-state index contributed by atoms with van der Waals surface area (Å²) in [6, 6.07) is 1.47. The number of halogens is 1. The Hall–Kier alpha value is -1.17. The summed E-state index contributed by atoms with van der Waals surface area (Å²) in [7, 11) is 0. The Bertz CT molecular complexity index is 464. The van der Waals surface area contributed by atoms with Gasteiger partial charge in [0.1, 0.15) is 12.0 Å². The molecule has 0 spiro atoms. The van der Waals surface area contributed by atoms with Gasteiger partial charge in [-0.15, -0.1) is 0 Å². The lowest BCUT2D eigenvalue weighted by Gasteiger charge is -2.25. The summed E-state index contributed by atoms with van der Waals surface area (Å²) in [6.07, 6.45) is 6.12. The molecule has 0 aliphatic heterocycles. The maximum Gasteiger partial charge on any atom is 0.288 e. The zero-order valence-electron chi connectivity index (χ0n) is 12.3. The Kier molecular flexibility index (Phi) is 6.39. The summed E-state index contributed by atoms with van der Waals surface area (Å²) >= 11 is 3.32. The van der Waals surface area contributed by atoms with Crippen molar-refractivity contribution in [1.82, 2.24) is 4.98 Å². The molecule has 0 aliphatic carbocycles. The van der Waals surface area contributed by atoms with Crippen LogP contribution in [0.4, 0.5) is 11.5 Å². The molecule has 112 valence electrons. The quantitative estimate of drug-likeness (QED) is 0.419. The highest BCUT2D eigenvalue weighted by atomic mass is 79.9. The van der Waals surface area contributed by atoms with Crippen molar-refractivity contribution in [2.24, 2.45) is 5.41 Å².